The summed E-state index contributed by atoms with van der Waals surface area (Å²) in [5.74, 6) is -0.575. The molecule has 3 rings (SSSR count). The van der Waals surface area contributed by atoms with Crippen molar-refractivity contribution in [3.8, 4) is 0 Å². The molecule has 0 aliphatic rings. The molecule has 1 heterocycles. The van der Waals surface area contributed by atoms with Crippen molar-refractivity contribution in [3.05, 3.63) is 64.0 Å². The van der Waals surface area contributed by atoms with Gasteiger partial charge >= 0.3 is 0 Å². The zero-order valence-corrected chi connectivity index (χ0v) is 12.8. The number of H-pyrrole nitrogens is 1. The maximum absolute atomic E-state index is 13.2. The second kappa shape index (κ2) is 5.33. The van der Waals surface area contributed by atoms with Crippen LogP contribution in [-0.2, 0) is 0 Å². The van der Waals surface area contributed by atoms with Gasteiger partial charge in [-0.2, -0.15) is 0 Å². The highest BCUT2D eigenvalue weighted by molar-refractivity contribution is 9.10. The summed E-state index contributed by atoms with van der Waals surface area (Å²) in [6.45, 7) is 1.92. The van der Waals surface area contributed by atoms with E-state index >= 15 is 0 Å². The lowest BCUT2D eigenvalue weighted by Gasteiger charge is -2.07. The molecule has 2 N–H and O–H groups in total. The first-order valence-electron chi connectivity index (χ1n) is 6.39. The molecule has 0 aliphatic carbocycles. The Kier molecular flexibility index (Phi) is 3.51. The van der Waals surface area contributed by atoms with E-state index in [9.17, 15) is 9.18 Å². The minimum atomic E-state index is -0.322. The van der Waals surface area contributed by atoms with E-state index < -0.39 is 0 Å². The van der Waals surface area contributed by atoms with Crippen LogP contribution in [0.3, 0.4) is 0 Å². The number of aromatic amines is 1. The predicted octanol–water partition coefficient (Wildman–Crippen LogP) is 4.63. The first-order valence-corrected chi connectivity index (χ1v) is 7.18. The molecular weight excluding hydrogens is 335 g/mol. The van der Waals surface area contributed by atoms with E-state index in [0.29, 0.717) is 11.1 Å². The van der Waals surface area contributed by atoms with Crippen molar-refractivity contribution in [1.82, 2.24) is 4.98 Å². The Morgan fingerprint density at radius 1 is 1.19 bits per heavy atom. The van der Waals surface area contributed by atoms with Gasteiger partial charge in [0, 0.05) is 21.1 Å². The van der Waals surface area contributed by atoms with Crippen molar-refractivity contribution in [2.24, 2.45) is 0 Å². The zero-order chi connectivity index (χ0) is 15.0. The van der Waals surface area contributed by atoms with Crippen LogP contribution in [0.25, 0.3) is 10.9 Å². The standard InChI is InChI=1S/C16H12BrFN2O/c1-9-6-11(17)2-4-13(9)20-16(21)15-8-10-7-12(18)3-5-14(10)19-15/h2-8,19H,1H3,(H,20,21). The van der Waals surface area contributed by atoms with E-state index in [-0.39, 0.29) is 11.7 Å². The molecule has 106 valence electrons. The fourth-order valence-electron chi connectivity index (χ4n) is 2.18. The summed E-state index contributed by atoms with van der Waals surface area (Å²) in [5, 5.41) is 3.52. The van der Waals surface area contributed by atoms with Gasteiger partial charge in [0.1, 0.15) is 11.5 Å². The van der Waals surface area contributed by atoms with Crippen LogP contribution >= 0.6 is 15.9 Å². The molecule has 0 spiro atoms. The zero-order valence-electron chi connectivity index (χ0n) is 11.2. The number of benzene rings is 2. The molecule has 5 heteroatoms. The number of hydrogen-bond acceptors (Lipinski definition) is 1. The number of carbonyl (C=O) groups is 1. The average Bonchev–Trinajstić information content (AvgIpc) is 2.85. The van der Waals surface area contributed by atoms with Gasteiger partial charge in [-0.1, -0.05) is 15.9 Å². The molecule has 1 aromatic heterocycles. The Morgan fingerprint density at radius 2 is 2.00 bits per heavy atom. The van der Waals surface area contributed by atoms with Gasteiger partial charge in [-0.15, -0.1) is 0 Å². The molecule has 3 nitrogen and oxygen atoms in total. The summed E-state index contributed by atoms with van der Waals surface area (Å²) in [7, 11) is 0. The normalized spacial score (nSPS) is 10.8. The van der Waals surface area contributed by atoms with E-state index in [0.717, 1.165) is 21.2 Å². The van der Waals surface area contributed by atoms with Gasteiger partial charge in [-0.3, -0.25) is 4.79 Å². The fourth-order valence-corrected chi connectivity index (χ4v) is 2.66. The van der Waals surface area contributed by atoms with Crippen LogP contribution in [0, 0.1) is 12.7 Å². The maximum atomic E-state index is 13.2. The third-order valence-electron chi connectivity index (χ3n) is 3.26. The minimum Gasteiger partial charge on any atom is -0.351 e. The summed E-state index contributed by atoms with van der Waals surface area (Å²) in [6.07, 6.45) is 0. The Hall–Kier alpha value is -2.14. The second-order valence-corrected chi connectivity index (χ2v) is 5.74. The number of amides is 1. The van der Waals surface area contributed by atoms with Crippen LogP contribution in [0.2, 0.25) is 0 Å². The predicted molar refractivity (Wildman–Crippen MR) is 85.1 cm³/mol. The van der Waals surface area contributed by atoms with Gasteiger partial charge in [0.05, 0.1) is 0 Å². The molecule has 0 bridgehead atoms. The van der Waals surface area contributed by atoms with Crippen molar-refractivity contribution in [2.45, 2.75) is 6.92 Å². The molecule has 3 aromatic rings. The summed E-state index contributed by atoms with van der Waals surface area (Å²) < 4.78 is 14.1. The third kappa shape index (κ3) is 2.83. The van der Waals surface area contributed by atoms with Crippen LogP contribution in [0.5, 0.6) is 0 Å². The van der Waals surface area contributed by atoms with Crippen molar-refractivity contribution in [3.63, 3.8) is 0 Å². The second-order valence-electron chi connectivity index (χ2n) is 4.83. The van der Waals surface area contributed by atoms with Crippen LogP contribution in [0.4, 0.5) is 10.1 Å². The first kappa shape index (κ1) is 13.8. The van der Waals surface area contributed by atoms with Crippen LogP contribution < -0.4 is 5.32 Å². The molecule has 0 saturated carbocycles. The lowest BCUT2D eigenvalue weighted by molar-refractivity contribution is 0.102. The summed E-state index contributed by atoms with van der Waals surface area (Å²) in [4.78, 5) is 15.2. The van der Waals surface area contributed by atoms with Crippen molar-refractivity contribution in [1.29, 1.82) is 0 Å². The molecule has 0 unspecified atom stereocenters. The van der Waals surface area contributed by atoms with E-state index in [1.165, 1.54) is 12.1 Å². The van der Waals surface area contributed by atoms with Crippen molar-refractivity contribution >= 4 is 38.4 Å². The smallest absolute Gasteiger partial charge is 0.272 e. The molecule has 2 aromatic carbocycles. The third-order valence-corrected chi connectivity index (χ3v) is 3.76. The number of carbonyl (C=O) groups excluding carboxylic acids is 1. The van der Waals surface area contributed by atoms with Crippen molar-refractivity contribution in [2.75, 3.05) is 5.32 Å². The van der Waals surface area contributed by atoms with Gasteiger partial charge in [0.25, 0.3) is 5.91 Å². The largest absolute Gasteiger partial charge is 0.351 e. The van der Waals surface area contributed by atoms with Gasteiger partial charge in [0.2, 0.25) is 0 Å². The number of nitrogens with one attached hydrogen (secondary N) is 2. The number of anilines is 1. The number of hydrogen-bond donors (Lipinski definition) is 2. The summed E-state index contributed by atoms with van der Waals surface area (Å²) in [5.41, 5.74) is 2.83. The highest BCUT2D eigenvalue weighted by Gasteiger charge is 2.11. The van der Waals surface area contributed by atoms with E-state index in [1.54, 1.807) is 12.1 Å². The fraction of sp³-hybridized carbons (Fsp3) is 0.0625. The SMILES string of the molecule is Cc1cc(Br)ccc1NC(=O)c1cc2cc(F)ccc2[nH]1. The molecule has 1 amide bonds. The van der Waals surface area contributed by atoms with Crippen molar-refractivity contribution < 1.29 is 9.18 Å². The maximum Gasteiger partial charge on any atom is 0.272 e. The van der Waals surface area contributed by atoms with Gasteiger partial charge < -0.3 is 10.3 Å². The first-order chi connectivity index (χ1) is 10.0. The Morgan fingerprint density at radius 3 is 2.76 bits per heavy atom. The van der Waals surface area contributed by atoms with Crippen LogP contribution in [-0.4, -0.2) is 10.9 Å². The molecule has 0 atom stereocenters. The van der Waals surface area contributed by atoms with E-state index in [1.807, 2.05) is 25.1 Å². The summed E-state index contributed by atoms with van der Waals surface area (Å²) >= 11 is 3.38. The van der Waals surface area contributed by atoms with Gasteiger partial charge in [-0.25, -0.2) is 4.39 Å². The average molecular weight is 347 g/mol. The molecular formula is C16H12BrFN2O. The molecule has 21 heavy (non-hydrogen) atoms. The number of halogens is 2. The highest BCUT2D eigenvalue weighted by atomic mass is 79.9. The Labute approximate surface area is 129 Å². The number of rotatable bonds is 2. The number of aryl methyl sites for hydroxylation is 1. The topological polar surface area (TPSA) is 44.9 Å². The van der Waals surface area contributed by atoms with Crippen LogP contribution in [0.1, 0.15) is 16.1 Å². The Balaban J connectivity index is 1.89. The van der Waals surface area contributed by atoms with E-state index in [4.69, 9.17) is 0 Å². The molecule has 0 aliphatic heterocycles. The molecule has 0 saturated heterocycles. The Bertz CT molecular complexity index is 841. The number of fused-ring (bicyclic) bond motifs is 1. The molecule has 0 fully saturated rings. The highest BCUT2D eigenvalue weighted by Crippen LogP contribution is 2.22. The van der Waals surface area contributed by atoms with E-state index in [2.05, 4.69) is 26.2 Å². The lowest BCUT2D eigenvalue weighted by atomic mass is 10.2. The van der Waals surface area contributed by atoms with Gasteiger partial charge in [0.15, 0.2) is 0 Å². The van der Waals surface area contributed by atoms with Gasteiger partial charge in [-0.05, 0) is 55.0 Å². The lowest BCUT2D eigenvalue weighted by Crippen LogP contribution is -2.13. The van der Waals surface area contributed by atoms with Crippen LogP contribution in [0.15, 0.2) is 46.9 Å². The monoisotopic (exact) mass is 346 g/mol. The minimum absolute atomic E-state index is 0.253. The summed E-state index contributed by atoms with van der Waals surface area (Å²) in [6, 6.07) is 11.6. The molecule has 0 radical (unpaired) electrons. The number of aromatic nitrogens is 1. The quantitative estimate of drug-likeness (QED) is 0.698.